The van der Waals surface area contributed by atoms with E-state index < -0.39 is 14.2 Å². The fraction of sp³-hybridized carbons (Fsp3) is 0.143. The van der Waals surface area contributed by atoms with Crippen molar-refractivity contribution < 1.29 is 11.9 Å². The van der Waals surface area contributed by atoms with E-state index in [0.29, 0.717) is 0 Å². The summed E-state index contributed by atoms with van der Waals surface area (Å²) in [5.74, 6) is 0. The predicted molar refractivity (Wildman–Crippen MR) is 41.7 cm³/mol. The summed E-state index contributed by atoms with van der Waals surface area (Å²) in [5.41, 5.74) is 0.998. The monoisotopic (exact) mass is 216 g/mol. The van der Waals surface area contributed by atoms with E-state index in [2.05, 4.69) is 0 Å². The van der Waals surface area contributed by atoms with Crippen LogP contribution in [0.25, 0.3) is 0 Å². The molecule has 4 heteroatoms. The van der Waals surface area contributed by atoms with Crippen LogP contribution in [0, 0.1) is 6.92 Å². The molecule has 0 saturated carbocycles. The Kier molecular flexibility index (Phi) is 2.23. The van der Waals surface area contributed by atoms with Crippen LogP contribution in [0.5, 0.6) is 0 Å². The van der Waals surface area contributed by atoms with E-state index in [1.54, 1.807) is 12.1 Å². The third kappa shape index (κ3) is 2.22. The molecule has 0 aliphatic rings. The molecule has 0 fully saturated rings. The molecule has 1 rings (SSSR count). The van der Waals surface area contributed by atoms with Crippen LogP contribution in [0.15, 0.2) is 24.3 Å². The molecule has 0 spiro atoms. The Morgan fingerprint density at radius 2 is 1.64 bits per heavy atom. The topological polar surface area (TPSA) is 57.5 Å². The molecule has 0 aromatic heterocycles. The first kappa shape index (κ1) is 8.59. The summed E-state index contributed by atoms with van der Waals surface area (Å²) >= 11 is -4.62. The summed E-state index contributed by atoms with van der Waals surface area (Å²) in [5, 5.41) is 0. The Morgan fingerprint density at radius 3 is 2.00 bits per heavy atom. The van der Waals surface area contributed by atoms with Crippen molar-refractivity contribution in [1.82, 2.24) is 0 Å². The zero-order valence-corrected chi connectivity index (χ0v) is 7.94. The van der Waals surface area contributed by atoms with E-state index in [4.69, 9.17) is 8.19 Å². The van der Waals surface area contributed by atoms with Crippen LogP contribution >= 0.6 is 0 Å². The molecule has 0 unspecified atom stereocenters. The number of rotatable bonds is 1. The fourth-order valence-corrected chi connectivity index (χ4v) is 1.87. The molecule has 0 aliphatic carbocycles. The average Bonchev–Trinajstić information content (AvgIpc) is 1.86. The second-order valence-electron chi connectivity index (χ2n) is 2.38. The standard InChI is InChI=1S/C7H9AsO3/c1-6-2-4-7(5-3-6)8(9,10)11/h2-5H,1H3,(H2,9,10,11). The van der Waals surface area contributed by atoms with E-state index in [-0.39, 0.29) is 4.35 Å². The second kappa shape index (κ2) is 2.86. The number of hydrogen-bond donors (Lipinski definition) is 2. The zero-order chi connectivity index (χ0) is 8.48. The summed E-state index contributed by atoms with van der Waals surface area (Å²) in [7, 11) is 0. The van der Waals surface area contributed by atoms with E-state index in [0.717, 1.165) is 5.56 Å². The van der Waals surface area contributed by atoms with Crippen molar-refractivity contribution in [1.29, 1.82) is 0 Å². The molecule has 0 amide bonds. The molecule has 60 valence electrons. The summed E-state index contributed by atoms with van der Waals surface area (Å²) in [6.45, 7) is 1.87. The molecule has 2 N–H and O–H groups in total. The Labute approximate surface area is 67.7 Å². The van der Waals surface area contributed by atoms with Crippen molar-refractivity contribution in [3.8, 4) is 0 Å². The van der Waals surface area contributed by atoms with Gasteiger partial charge in [-0.25, -0.2) is 0 Å². The summed E-state index contributed by atoms with van der Waals surface area (Å²) < 4.78 is 28.3. The second-order valence-corrected chi connectivity index (χ2v) is 5.75. The first-order valence-corrected chi connectivity index (χ1v) is 6.51. The summed E-state index contributed by atoms with van der Waals surface area (Å²) in [6, 6.07) is 6.32. The molecule has 0 saturated heterocycles. The molecular formula is C7H9AsO3. The van der Waals surface area contributed by atoms with Gasteiger partial charge in [-0.15, -0.1) is 0 Å². The van der Waals surface area contributed by atoms with Crippen LogP contribution < -0.4 is 4.35 Å². The van der Waals surface area contributed by atoms with Gasteiger partial charge in [0, 0.05) is 0 Å². The van der Waals surface area contributed by atoms with Crippen molar-refractivity contribution >= 4 is 18.5 Å². The molecule has 11 heavy (non-hydrogen) atoms. The molecule has 3 nitrogen and oxygen atoms in total. The van der Waals surface area contributed by atoms with Gasteiger partial charge in [-0.05, 0) is 0 Å². The van der Waals surface area contributed by atoms with Gasteiger partial charge in [0.25, 0.3) is 0 Å². The summed E-state index contributed by atoms with van der Waals surface area (Å²) in [6.07, 6.45) is 0. The van der Waals surface area contributed by atoms with Gasteiger partial charge in [0.2, 0.25) is 0 Å². The molecule has 1 aromatic carbocycles. The van der Waals surface area contributed by atoms with Gasteiger partial charge in [0.15, 0.2) is 0 Å². The van der Waals surface area contributed by atoms with Crippen molar-refractivity contribution in [2.75, 3.05) is 0 Å². The van der Waals surface area contributed by atoms with Crippen LogP contribution in [0.2, 0.25) is 0 Å². The minimum absolute atomic E-state index is 0.133. The van der Waals surface area contributed by atoms with Crippen LogP contribution in [-0.4, -0.2) is 22.4 Å². The Morgan fingerprint density at radius 1 is 1.18 bits per heavy atom. The van der Waals surface area contributed by atoms with Gasteiger partial charge in [-0.3, -0.25) is 0 Å². The Bertz CT molecular complexity index is 285. The first-order valence-electron chi connectivity index (χ1n) is 3.13. The average molecular weight is 216 g/mol. The van der Waals surface area contributed by atoms with Gasteiger partial charge in [-0.2, -0.15) is 0 Å². The van der Waals surface area contributed by atoms with Gasteiger partial charge in [-0.1, -0.05) is 0 Å². The van der Waals surface area contributed by atoms with Gasteiger partial charge >= 0.3 is 67.2 Å². The van der Waals surface area contributed by atoms with Crippen molar-refractivity contribution in [2.24, 2.45) is 0 Å². The van der Waals surface area contributed by atoms with E-state index in [1.165, 1.54) is 12.1 Å². The maximum atomic E-state index is 10.7. The van der Waals surface area contributed by atoms with Crippen LogP contribution in [0.3, 0.4) is 0 Å². The third-order valence-corrected chi connectivity index (χ3v) is 3.41. The van der Waals surface area contributed by atoms with Crippen molar-refractivity contribution in [3.63, 3.8) is 0 Å². The van der Waals surface area contributed by atoms with Crippen LogP contribution in [0.1, 0.15) is 5.56 Å². The van der Waals surface area contributed by atoms with Crippen LogP contribution in [-0.2, 0) is 3.74 Å². The van der Waals surface area contributed by atoms with Crippen LogP contribution in [0.4, 0.5) is 0 Å². The van der Waals surface area contributed by atoms with Crippen molar-refractivity contribution in [2.45, 2.75) is 6.92 Å². The van der Waals surface area contributed by atoms with Gasteiger partial charge in [0.1, 0.15) is 0 Å². The van der Waals surface area contributed by atoms with E-state index in [9.17, 15) is 3.74 Å². The molecule has 1 aromatic rings. The quantitative estimate of drug-likeness (QED) is 0.625. The van der Waals surface area contributed by atoms with Gasteiger partial charge < -0.3 is 0 Å². The molecule has 0 atom stereocenters. The SMILES string of the molecule is Cc1ccc([As](=O)(O)O)cc1. The maximum absolute atomic E-state index is 10.7. The fourth-order valence-electron chi connectivity index (χ4n) is 0.739. The Hall–Kier alpha value is -0.502. The molecule has 0 aliphatic heterocycles. The van der Waals surface area contributed by atoms with Gasteiger partial charge in [0.05, 0.1) is 0 Å². The predicted octanol–water partition coefficient (Wildman–Crippen LogP) is -0.444. The van der Waals surface area contributed by atoms with E-state index >= 15 is 0 Å². The number of hydrogen-bond acceptors (Lipinski definition) is 1. The summed E-state index contributed by atoms with van der Waals surface area (Å²) in [4.78, 5) is 0. The molecular weight excluding hydrogens is 207 g/mol. The number of benzene rings is 1. The molecule has 0 heterocycles. The van der Waals surface area contributed by atoms with Crippen molar-refractivity contribution in [3.05, 3.63) is 29.8 Å². The molecule has 0 radical (unpaired) electrons. The molecule has 0 bridgehead atoms. The Balaban J connectivity index is 3.09. The minimum atomic E-state index is -4.62. The third-order valence-electron chi connectivity index (χ3n) is 1.37. The first-order chi connectivity index (χ1) is 5.00. The zero-order valence-electron chi connectivity index (χ0n) is 6.06. The normalized spacial score (nSPS) is 11.5. The van der Waals surface area contributed by atoms with E-state index in [1.807, 2.05) is 6.92 Å². The number of aryl methyl sites for hydroxylation is 1.